The van der Waals surface area contributed by atoms with E-state index in [9.17, 15) is 0 Å². The average molecular weight is 438 g/mol. The summed E-state index contributed by atoms with van der Waals surface area (Å²) in [5.41, 5.74) is 3.37. The molecule has 2 N–H and O–H groups in total. The lowest BCUT2D eigenvalue weighted by Gasteiger charge is -2.26. The monoisotopic (exact) mass is 437 g/mol. The number of fused-ring (bicyclic) bond motifs is 2. The average Bonchev–Trinajstić information content (AvgIpc) is 3.28. The predicted octanol–water partition coefficient (Wildman–Crippen LogP) is 3.60. The first kappa shape index (κ1) is 20.1. The van der Waals surface area contributed by atoms with Gasteiger partial charge in [0.05, 0.1) is 42.0 Å². The second-order valence-corrected chi connectivity index (χ2v) is 8.13. The van der Waals surface area contributed by atoms with E-state index in [1.807, 2.05) is 12.1 Å². The van der Waals surface area contributed by atoms with Crippen molar-refractivity contribution in [3.8, 4) is 0 Å². The number of benzene rings is 1. The molecule has 1 aliphatic heterocycles. The maximum absolute atomic E-state index is 6.58. The molecule has 8 nitrogen and oxygen atoms in total. The van der Waals surface area contributed by atoms with E-state index in [1.54, 1.807) is 6.33 Å². The molecule has 0 radical (unpaired) electrons. The molecule has 1 atom stereocenters. The third-order valence-corrected chi connectivity index (χ3v) is 6.00. The number of nitrogens with one attached hydrogen (secondary N) is 2. The molecule has 4 aromatic rings. The van der Waals surface area contributed by atoms with Gasteiger partial charge in [-0.1, -0.05) is 23.7 Å². The summed E-state index contributed by atoms with van der Waals surface area (Å²) in [5, 5.41) is 6.31. The van der Waals surface area contributed by atoms with E-state index in [0.717, 1.165) is 66.5 Å². The molecule has 9 heteroatoms. The normalized spacial score (nSPS) is 16.1. The van der Waals surface area contributed by atoms with Crippen LogP contribution in [-0.4, -0.2) is 62.7 Å². The zero-order valence-electron chi connectivity index (χ0n) is 17.3. The first-order chi connectivity index (χ1) is 15.2. The highest BCUT2D eigenvalue weighted by atomic mass is 35.5. The van der Waals surface area contributed by atoms with Crippen LogP contribution >= 0.6 is 11.6 Å². The van der Waals surface area contributed by atoms with Crippen molar-refractivity contribution >= 4 is 39.4 Å². The number of imidazole rings is 1. The molecule has 1 aliphatic rings. The van der Waals surface area contributed by atoms with Gasteiger partial charge in [0.15, 0.2) is 11.5 Å². The lowest BCUT2D eigenvalue weighted by molar-refractivity contribution is 0.0384. The number of rotatable bonds is 6. The van der Waals surface area contributed by atoms with Crippen LogP contribution in [0.1, 0.15) is 24.4 Å². The quantitative estimate of drug-likeness (QED) is 0.476. The molecule has 1 aromatic carbocycles. The van der Waals surface area contributed by atoms with Crippen molar-refractivity contribution in [1.82, 2.24) is 29.8 Å². The van der Waals surface area contributed by atoms with Gasteiger partial charge in [-0.2, -0.15) is 0 Å². The van der Waals surface area contributed by atoms with Crippen LogP contribution in [0.15, 0.2) is 36.9 Å². The van der Waals surface area contributed by atoms with Crippen LogP contribution in [0.5, 0.6) is 0 Å². The van der Waals surface area contributed by atoms with Crippen LogP contribution in [0, 0.1) is 0 Å². The van der Waals surface area contributed by atoms with Crippen LogP contribution in [0.2, 0.25) is 5.02 Å². The predicted molar refractivity (Wildman–Crippen MR) is 121 cm³/mol. The van der Waals surface area contributed by atoms with Gasteiger partial charge in [-0.3, -0.25) is 9.88 Å². The molecule has 31 heavy (non-hydrogen) atoms. The van der Waals surface area contributed by atoms with Gasteiger partial charge in [0.1, 0.15) is 11.8 Å². The van der Waals surface area contributed by atoms with Crippen LogP contribution in [0.4, 0.5) is 5.82 Å². The highest BCUT2D eigenvalue weighted by Gasteiger charge is 2.17. The maximum Gasteiger partial charge on any atom is 0.162 e. The number of hydrogen-bond donors (Lipinski definition) is 2. The first-order valence-corrected chi connectivity index (χ1v) is 10.9. The third-order valence-electron chi connectivity index (χ3n) is 5.68. The molecule has 0 spiro atoms. The van der Waals surface area contributed by atoms with Crippen LogP contribution in [0.25, 0.3) is 21.9 Å². The van der Waals surface area contributed by atoms with Gasteiger partial charge < -0.3 is 15.0 Å². The minimum Gasteiger partial charge on any atom is -0.379 e. The Balaban J connectivity index is 1.46. The topological polar surface area (TPSA) is 91.9 Å². The number of aromatic nitrogens is 5. The second-order valence-electron chi connectivity index (χ2n) is 7.72. The van der Waals surface area contributed by atoms with E-state index < -0.39 is 0 Å². The Morgan fingerprint density at radius 1 is 1.23 bits per heavy atom. The van der Waals surface area contributed by atoms with E-state index >= 15 is 0 Å². The SMILES string of the molecule is C[C@H](Nc1ncnc2[nH]cnc12)c1cc2cccc(Cl)c2c(CCN2CCOCC2)n1. The number of hydrogen-bond acceptors (Lipinski definition) is 7. The van der Waals surface area contributed by atoms with E-state index in [1.165, 1.54) is 6.33 Å². The Labute approximate surface area is 185 Å². The van der Waals surface area contributed by atoms with Gasteiger partial charge in [-0.25, -0.2) is 15.0 Å². The maximum atomic E-state index is 6.58. The number of H-pyrrole nitrogens is 1. The van der Waals surface area contributed by atoms with E-state index in [-0.39, 0.29) is 6.04 Å². The van der Waals surface area contributed by atoms with E-state index in [4.69, 9.17) is 21.3 Å². The molecule has 5 rings (SSSR count). The van der Waals surface area contributed by atoms with Crippen LogP contribution in [-0.2, 0) is 11.2 Å². The summed E-state index contributed by atoms with van der Waals surface area (Å²) in [6, 6.07) is 8.03. The fourth-order valence-electron chi connectivity index (χ4n) is 4.01. The number of anilines is 1. The van der Waals surface area contributed by atoms with Crippen molar-refractivity contribution < 1.29 is 4.74 Å². The summed E-state index contributed by atoms with van der Waals surface area (Å²) in [6.07, 6.45) is 3.98. The number of nitrogens with zero attached hydrogens (tertiary/aromatic N) is 5. The van der Waals surface area contributed by atoms with E-state index in [2.05, 4.69) is 49.2 Å². The Kier molecular flexibility index (Phi) is 5.67. The summed E-state index contributed by atoms with van der Waals surface area (Å²) >= 11 is 6.58. The molecule has 0 bridgehead atoms. The Hall–Kier alpha value is -2.81. The smallest absolute Gasteiger partial charge is 0.162 e. The van der Waals surface area contributed by atoms with Crippen molar-refractivity contribution in [2.45, 2.75) is 19.4 Å². The summed E-state index contributed by atoms with van der Waals surface area (Å²) < 4.78 is 5.47. The summed E-state index contributed by atoms with van der Waals surface area (Å²) in [4.78, 5) is 23.4. The molecule has 0 amide bonds. The fourth-order valence-corrected chi connectivity index (χ4v) is 4.30. The van der Waals surface area contributed by atoms with Gasteiger partial charge >= 0.3 is 0 Å². The van der Waals surface area contributed by atoms with Gasteiger partial charge in [-0.15, -0.1) is 0 Å². The van der Waals surface area contributed by atoms with E-state index in [0.29, 0.717) is 17.0 Å². The van der Waals surface area contributed by atoms with Gasteiger partial charge in [-0.05, 0) is 24.4 Å². The lowest BCUT2D eigenvalue weighted by atomic mass is 10.0. The largest absolute Gasteiger partial charge is 0.379 e. The molecule has 3 aromatic heterocycles. The highest BCUT2D eigenvalue weighted by Crippen LogP contribution is 2.30. The molecular weight excluding hydrogens is 414 g/mol. The summed E-state index contributed by atoms with van der Waals surface area (Å²) in [5.74, 6) is 0.682. The van der Waals surface area contributed by atoms with Crippen molar-refractivity contribution in [1.29, 1.82) is 0 Å². The molecule has 4 heterocycles. The minimum absolute atomic E-state index is 0.0691. The molecule has 1 saturated heterocycles. The molecule has 0 saturated carbocycles. The molecule has 0 unspecified atom stereocenters. The lowest BCUT2D eigenvalue weighted by Crippen LogP contribution is -2.37. The standard InChI is InChI=1S/C22H24ClN7O/c1-14(28-22-20-21(25-12-24-20)26-13-27-22)18-11-15-3-2-4-16(23)19(15)17(29-18)5-6-30-7-9-31-10-8-30/h2-4,11-14H,5-10H2,1H3,(H2,24,25,26,27,28)/t14-/m0/s1. The minimum atomic E-state index is -0.0691. The fraction of sp³-hybridized carbons (Fsp3) is 0.364. The first-order valence-electron chi connectivity index (χ1n) is 10.5. The Morgan fingerprint density at radius 2 is 2.10 bits per heavy atom. The number of morpholine rings is 1. The molecule has 0 aliphatic carbocycles. The molecular formula is C22H24ClN7O. The van der Waals surface area contributed by atoms with Gasteiger partial charge in [0, 0.05) is 31.4 Å². The van der Waals surface area contributed by atoms with Gasteiger partial charge in [0.25, 0.3) is 0 Å². The number of aromatic amines is 1. The molecule has 160 valence electrons. The van der Waals surface area contributed by atoms with Crippen molar-refractivity contribution in [2.24, 2.45) is 0 Å². The zero-order valence-corrected chi connectivity index (χ0v) is 18.1. The number of halogens is 1. The Bertz CT molecular complexity index is 1210. The van der Waals surface area contributed by atoms with Crippen molar-refractivity contribution in [3.63, 3.8) is 0 Å². The third kappa shape index (κ3) is 4.19. The summed E-state index contributed by atoms with van der Waals surface area (Å²) in [7, 11) is 0. The van der Waals surface area contributed by atoms with Crippen molar-refractivity contribution in [3.05, 3.63) is 53.3 Å². The Morgan fingerprint density at radius 3 is 2.97 bits per heavy atom. The molecule has 1 fully saturated rings. The number of pyridine rings is 1. The van der Waals surface area contributed by atoms with Gasteiger partial charge in [0.2, 0.25) is 0 Å². The second kappa shape index (κ2) is 8.74. The van der Waals surface area contributed by atoms with Crippen LogP contribution in [0.3, 0.4) is 0 Å². The summed E-state index contributed by atoms with van der Waals surface area (Å²) in [6.45, 7) is 6.49. The van der Waals surface area contributed by atoms with Crippen LogP contribution < -0.4 is 5.32 Å². The number of ether oxygens (including phenoxy) is 1. The van der Waals surface area contributed by atoms with Crippen molar-refractivity contribution in [2.75, 3.05) is 38.2 Å². The zero-order chi connectivity index (χ0) is 21.2. The highest BCUT2D eigenvalue weighted by molar-refractivity contribution is 6.35.